The predicted octanol–water partition coefficient (Wildman–Crippen LogP) is 4.37. The topological polar surface area (TPSA) is 57.5 Å². The minimum absolute atomic E-state index is 0.429. The van der Waals surface area contributed by atoms with Crippen LogP contribution in [0.4, 0.5) is 0 Å². The number of aliphatic hydroxyl groups excluding tert-OH is 1. The summed E-state index contributed by atoms with van der Waals surface area (Å²) in [6.07, 6.45) is 11.3. The van der Waals surface area contributed by atoms with Crippen molar-refractivity contribution in [3.05, 3.63) is 12.2 Å². The molecule has 0 saturated carbocycles. The molecule has 0 bridgehead atoms. The van der Waals surface area contributed by atoms with Crippen molar-refractivity contribution >= 4 is 5.97 Å². The average Bonchev–Trinajstić information content (AvgIpc) is 2.55. The van der Waals surface area contributed by atoms with E-state index in [0.29, 0.717) is 17.4 Å². The number of rotatable bonds is 15. The molecule has 142 valence electrons. The zero-order valence-corrected chi connectivity index (χ0v) is 16.3. The monoisotopic (exact) mass is 342 g/mol. The molecule has 24 heavy (non-hydrogen) atoms. The van der Waals surface area contributed by atoms with Crippen molar-refractivity contribution in [2.75, 3.05) is 19.6 Å². The van der Waals surface area contributed by atoms with Gasteiger partial charge in [0.15, 0.2) is 6.04 Å². The SMILES string of the molecule is CCCC/C=C/C(O)C[N+](CCCC)(CCCC)C(CC)C(=O)O. The zero-order valence-electron chi connectivity index (χ0n) is 16.3. The Balaban J connectivity index is 5.28. The van der Waals surface area contributed by atoms with E-state index in [4.69, 9.17) is 0 Å². The molecule has 0 aromatic rings. The van der Waals surface area contributed by atoms with Crippen molar-refractivity contribution in [2.24, 2.45) is 0 Å². The van der Waals surface area contributed by atoms with Gasteiger partial charge in [0.1, 0.15) is 12.6 Å². The van der Waals surface area contributed by atoms with Gasteiger partial charge in [0.05, 0.1) is 13.1 Å². The molecule has 2 unspecified atom stereocenters. The maximum atomic E-state index is 11.9. The highest BCUT2D eigenvalue weighted by molar-refractivity contribution is 5.72. The normalized spacial score (nSPS) is 14.9. The van der Waals surface area contributed by atoms with Gasteiger partial charge >= 0.3 is 5.97 Å². The number of carboxylic acids is 1. The maximum Gasteiger partial charge on any atom is 0.362 e. The molecule has 0 amide bonds. The van der Waals surface area contributed by atoms with Gasteiger partial charge in [-0.1, -0.05) is 65.5 Å². The van der Waals surface area contributed by atoms with Crippen LogP contribution >= 0.6 is 0 Å². The van der Waals surface area contributed by atoms with Gasteiger partial charge in [0, 0.05) is 6.42 Å². The number of allylic oxidation sites excluding steroid dienone is 1. The van der Waals surface area contributed by atoms with E-state index in [-0.39, 0.29) is 0 Å². The van der Waals surface area contributed by atoms with Crippen LogP contribution < -0.4 is 0 Å². The van der Waals surface area contributed by atoms with Crippen LogP contribution in [-0.4, -0.2) is 52.4 Å². The molecular weight excluding hydrogens is 302 g/mol. The van der Waals surface area contributed by atoms with Crippen LogP contribution in [0.3, 0.4) is 0 Å². The molecule has 0 spiro atoms. The van der Waals surface area contributed by atoms with E-state index >= 15 is 0 Å². The molecule has 0 aliphatic rings. The van der Waals surface area contributed by atoms with Crippen molar-refractivity contribution in [3.63, 3.8) is 0 Å². The highest BCUT2D eigenvalue weighted by Gasteiger charge is 2.41. The smallest absolute Gasteiger partial charge is 0.362 e. The third kappa shape index (κ3) is 8.29. The lowest BCUT2D eigenvalue weighted by molar-refractivity contribution is -0.946. The number of aliphatic carboxylic acids is 1. The summed E-state index contributed by atoms with van der Waals surface area (Å²) in [5.74, 6) is -0.730. The summed E-state index contributed by atoms with van der Waals surface area (Å²) in [7, 11) is 0. The Kier molecular flexibility index (Phi) is 12.9. The Morgan fingerprint density at radius 1 is 1.00 bits per heavy atom. The fraction of sp³-hybridized carbons (Fsp3) is 0.850. The van der Waals surface area contributed by atoms with E-state index in [1.807, 2.05) is 19.1 Å². The quantitative estimate of drug-likeness (QED) is 0.264. The van der Waals surface area contributed by atoms with E-state index in [9.17, 15) is 15.0 Å². The maximum absolute atomic E-state index is 11.9. The summed E-state index contributed by atoms with van der Waals surface area (Å²) < 4.78 is 0.507. The number of nitrogens with zero attached hydrogens (tertiary/aromatic N) is 1. The number of unbranched alkanes of at least 4 members (excludes halogenated alkanes) is 4. The second-order valence-corrected chi connectivity index (χ2v) is 6.96. The highest BCUT2D eigenvalue weighted by atomic mass is 16.4. The van der Waals surface area contributed by atoms with Gasteiger partial charge in [-0.2, -0.15) is 0 Å². The molecular formula is C20H40NO3+. The van der Waals surface area contributed by atoms with Crippen molar-refractivity contribution in [2.45, 2.75) is 91.2 Å². The molecule has 0 rings (SSSR count). The van der Waals surface area contributed by atoms with E-state index in [1.54, 1.807) is 0 Å². The van der Waals surface area contributed by atoms with Crippen LogP contribution in [0.2, 0.25) is 0 Å². The summed E-state index contributed by atoms with van der Waals surface area (Å²) in [6.45, 7) is 10.6. The Hall–Kier alpha value is -0.870. The largest absolute Gasteiger partial charge is 0.477 e. The number of carboxylic acid groups (broad SMARTS) is 1. The van der Waals surface area contributed by atoms with Gasteiger partial charge in [-0.05, 0) is 19.3 Å². The molecule has 0 heterocycles. The van der Waals surface area contributed by atoms with Crippen LogP contribution in [0.1, 0.15) is 79.1 Å². The molecule has 0 fully saturated rings. The van der Waals surface area contributed by atoms with E-state index in [0.717, 1.165) is 58.0 Å². The van der Waals surface area contributed by atoms with Gasteiger partial charge in [-0.3, -0.25) is 0 Å². The third-order valence-electron chi connectivity index (χ3n) is 4.88. The number of quaternary nitrogens is 1. The van der Waals surface area contributed by atoms with Gasteiger partial charge in [-0.25, -0.2) is 4.79 Å². The van der Waals surface area contributed by atoms with Crippen LogP contribution in [0.25, 0.3) is 0 Å². The first kappa shape index (κ1) is 23.1. The van der Waals surface area contributed by atoms with Crippen LogP contribution in [0.15, 0.2) is 12.2 Å². The summed E-state index contributed by atoms with van der Waals surface area (Å²) in [5, 5.41) is 20.3. The number of hydrogen-bond donors (Lipinski definition) is 2. The molecule has 2 N–H and O–H groups in total. The molecule has 4 nitrogen and oxygen atoms in total. The Morgan fingerprint density at radius 3 is 1.96 bits per heavy atom. The number of aliphatic hydroxyl groups is 1. The van der Waals surface area contributed by atoms with E-state index < -0.39 is 18.1 Å². The molecule has 0 aliphatic carbocycles. The molecule has 0 aliphatic heterocycles. The predicted molar refractivity (Wildman–Crippen MR) is 101 cm³/mol. The molecule has 2 atom stereocenters. The van der Waals surface area contributed by atoms with Crippen LogP contribution in [-0.2, 0) is 4.79 Å². The van der Waals surface area contributed by atoms with E-state index in [2.05, 4.69) is 20.8 Å². The summed E-state index contributed by atoms with van der Waals surface area (Å²) in [6, 6.07) is -0.429. The third-order valence-corrected chi connectivity index (χ3v) is 4.88. The average molecular weight is 343 g/mol. The zero-order chi connectivity index (χ0) is 18.4. The number of carbonyl (C=O) groups is 1. The molecule has 0 aromatic carbocycles. The lowest BCUT2D eigenvalue weighted by Crippen LogP contribution is -2.62. The number of hydrogen-bond acceptors (Lipinski definition) is 2. The lowest BCUT2D eigenvalue weighted by Gasteiger charge is -2.44. The van der Waals surface area contributed by atoms with Crippen molar-refractivity contribution in [1.82, 2.24) is 0 Å². The van der Waals surface area contributed by atoms with Crippen LogP contribution in [0.5, 0.6) is 0 Å². The first-order chi connectivity index (χ1) is 11.5. The first-order valence-electron chi connectivity index (χ1n) is 9.90. The summed E-state index contributed by atoms with van der Waals surface area (Å²) in [4.78, 5) is 11.9. The minimum Gasteiger partial charge on any atom is -0.477 e. The Morgan fingerprint density at radius 2 is 1.54 bits per heavy atom. The van der Waals surface area contributed by atoms with Gasteiger partial charge in [-0.15, -0.1) is 0 Å². The fourth-order valence-corrected chi connectivity index (χ4v) is 3.48. The molecule has 0 radical (unpaired) electrons. The van der Waals surface area contributed by atoms with Crippen molar-refractivity contribution in [1.29, 1.82) is 0 Å². The van der Waals surface area contributed by atoms with Crippen LogP contribution in [0, 0.1) is 0 Å². The summed E-state index contributed by atoms with van der Waals surface area (Å²) >= 11 is 0. The summed E-state index contributed by atoms with van der Waals surface area (Å²) in [5.41, 5.74) is 0. The molecule has 0 aromatic heterocycles. The second kappa shape index (κ2) is 13.4. The van der Waals surface area contributed by atoms with E-state index in [1.165, 1.54) is 0 Å². The molecule has 0 saturated heterocycles. The first-order valence-corrected chi connectivity index (χ1v) is 9.90. The highest BCUT2D eigenvalue weighted by Crippen LogP contribution is 2.22. The minimum atomic E-state index is -0.730. The van der Waals surface area contributed by atoms with Gasteiger partial charge in [0.25, 0.3) is 0 Å². The Bertz CT molecular complexity index is 347. The van der Waals surface area contributed by atoms with Crippen molar-refractivity contribution < 1.29 is 19.5 Å². The standard InChI is InChI=1S/C20H39NO3/c1-5-9-12-13-14-18(22)17-21(15-10-6-2,16-11-7-3)19(8-4)20(23)24/h13-14,18-19,22H,5-12,15-17H2,1-4H3/p+1/b14-13+. The van der Waals surface area contributed by atoms with Crippen molar-refractivity contribution in [3.8, 4) is 0 Å². The Labute approximate surface area is 149 Å². The van der Waals surface area contributed by atoms with Gasteiger partial charge in [0.2, 0.25) is 0 Å². The lowest BCUT2D eigenvalue weighted by atomic mass is 10.0. The molecule has 4 heteroatoms. The second-order valence-electron chi connectivity index (χ2n) is 6.96. The fourth-order valence-electron chi connectivity index (χ4n) is 3.48. The van der Waals surface area contributed by atoms with Gasteiger partial charge < -0.3 is 14.7 Å².